The van der Waals surface area contributed by atoms with Crippen LogP contribution in [0.2, 0.25) is 0 Å². The van der Waals surface area contributed by atoms with Gasteiger partial charge in [-0.15, -0.1) is 0 Å². The monoisotopic (exact) mass is 237 g/mol. The molecule has 0 amide bonds. The van der Waals surface area contributed by atoms with Gasteiger partial charge in [0.1, 0.15) is 0 Å². The molecule has 2 saturated carbocycles. The smallest absolute Gasteiger partial charge is 0.0157 e. The topological polar surface area (TPSA) is 12.0 Å². The molecule has 1 nitrogen and oxygen atoms in total. The molecule has 0 aromatic carbocycles. The standard InChI is InChI=1S/C16H31N/c1-4-12-17-15-13-10-8-7-9-11-14(13)16(15,5-2)6-3/h13-15,17H,4-12H2,1-3H3. The molecule has 3 atom stereocenters. The van der Waals surface area contributed by atoms with E-state index in [9.17, 15) is 0 Å². The predicted molar refractivity (Wildman–Crippen MR) is 75.2 cm³/mol. The lowest BCUT2D eigenvalue weighted by Gasteiger charge is -2.62. The van der Waals surface area contributed by atoms with E-state index in [0.717, 1.165) is 17.9 Å². The maximum absolute atomic E-state index is 3.89. The molecule has 3 unspecified atom stereocenters. The van der Waals surface area contributed by atoms with Gasteiger partial charge in [-0.1, -0.05) is 40.0 Å². The van der Waals surface area contributed by atoms with E-state index in [1.54, 1.807) is 0 Å². The first-order chi connectivity index (χ1) is 8.30. The zero-order valence-electron chi connectivity index (χ0n) is 12.1. The van der Waals surface area contributed by atoms with Crippen molar-refractivity contribution < 1.29 is 0 Å². The fourth-order valence-corrected chi connectivity index (χ4v) is 4.86. The van der Waals surface area contributed by atoms with Crippen LogP contribution in [0.15, 0.2) is 0 Å². The maximum atomic E-state index is 3.89. The third-order valence-electron chi connectivity index (χ3n) is 5.79. The van der Waals surface area contributed by atoms with E-state index >= 15 is 0 Å². The van der Waals surface area contributed by atoms with Crippen molar-refractivity contribution in [3.8, 4) is 0 Å². The van der Waals surface area contributed by atoms with Crippen molar-refractivity contribution in [3.05, 3.63) is 0 Å². The van der Waals surface area contributed by atoms with Crippen molar-refractivity contribution >= 4 is 0 Å². The van der Waals surface area contributed by atoms with Gasteiger partial charge in [-0.3, -0.25) is 0 Å². The number of hydrogen-bond donors (Lipinski definition) is 1. The summed E-state index contributed by atoms with van der Waals surface area (Å²) < 4.78 is 0. The van der Waals surface area contributed by atoms with E-state index in [1.165, 1.54) is 57.9 Å². The first-order valence-corrected chi connectivity index (χ1v) is 8.03. The first-order valence-electron chi connectivity index (χ1n) is 8.03. The van der Waals surface area contributed by atoms with Crippen LogP contribution < -0.4 is 5.32 Å². The molecule has 0 aliphatic heterocycles. The molecule has 2 rings (SSSR count). The molecule has 100 valence electrons. The largest absolute Gasteiger partial charge is 0.313 e. The van der Waals surface area contributed by atoms with Gasteiger partial charge in [-0.25, -0.2) is 0 Å². The second-order valence-electron chi connectivity index (χ2n) is 6.28. The Hall–Kier alpha value is -0.0400. The summed E-state index contributed by atoms with van der Waals surface area (Å²) >= 11 is 0. The zero-order chi connectivity index (χ0) is 12.3. The van der Waals surface area contributed by atoms with E-state index in [1.807, 2.05) is 0 Å². The van der Waals surface area contributed by atoms with Gasteiger partial charge in [0.05, 0.1) is 0 Å². The average molecular weight is 237 g/mol. The number of nitrogens with one attached hydrogen (secondary N) is 1. The summed E-state index contributed by atoms with van der Waals surface area (Å²) in [4.78, 5) is 0. The van der Waals surface area contributed by atoms with Gasteiger partial charge in [0.15, 0.2) is 0 Å². The Labute approximate surface area is 108 Å². The van der Waals surface area contributed by atoms with E-state index in [4.69, 9.17) is 0 Å². The minimum atomic E-state index is 0.643. The van der Waals surface area contributed by atoms with Crippen LogP contribution in [0, 0.1) is 17.3 Å². The molecule has 17 heavy (non-hydrogen) atoms. The van der Waals surface area contributed by atoms with Crippen molar-refractivity contribution in [3.63, 3.8) is 0 Å². The van der Waals surface area contributed by atoms with Crippen LogP contribution in [-0.4, -0.2) is 12.6 Å². The highest BCUT2D eigenvalue weighted by Crippen LogP contribution is 2.60. The number of rotatable bonds is 5. The van der Waals surface area contributed by atoms with Crippen LogP contribution in [-0.2, 0) is 0 Å². The van der Waals surface area contributed by atoms with Gasteiger partial charge in [0, 0.05) is 6.04 Å². The SMILES string of the molecule is CCCNC1C2CCCCCC2C1(CC)CC. The van der Waals surface area contributed by atoms with Crippen LogP contribution in [0.3, 0.4) is 0 Å². The van der Waals surface area contributed by atoms with Crippen molar-refractivity contribution in [2.75, 3.05) is 6.54 Å². The summed E-state index contributed by atoms with van der Waals surface area (Å²) in [5.74, 6) is 2.04. The van der Waals surface area contributed by atoms with E-state index in [2.05, 4.69) is 26.1 Å². The van der Waals surface area contributed by atoms with Crippen molar-refractivity contribution in [1.29, 1.82) is 0 Å². The zero-order valence-corrected chi connectivity index (χ0v) is 12.1. The number of fused-ring (bicyclic) bond motifs is 1. The molecule has 2 aliphatic rings. The molecule has 0 spiro atoms. The van der Waals surface area contributed by atoms with Crippen LogP contribution in [0.1, 0.15) is 72.1 Å². The molecule has 0 saturated heterocycles. The lowest BCUT2D eigenvalue weighted by Crippen LogP contribution is -2.66. The van der Waals surface area contributed by atoms with Gasteiger partial charge < -0.3 is 5.32 Å². The van der Waals surface area contributed by atoms with Gasteiger partial charge in [-0.05, 0) is 55.9 Å². The quantitative estimate of drug-likeness (QED) is 0.748. The Morgan fingerprint density at radius 2 is 1.71 bits per heavy atom. The fourth-order valence-electron chi connectivity index (χ4n) is 4.86. The Bertz CT molecular complexity index is 232. The van der Waals surface area contributed by atoms with Gasteiger partial charge in [0.25, 0.3) is 0 Å². The second kappa shape index (κ2) is 5.73. The summed E-state index contributed by atoms with van der Waals surface area (Å²) in [6.45, 7) is 8.35. The van der Waals surface area contributed by atoms with Gasteiger partial charge >= 0.3 is 0 Å². The number of hydrogen-bond acceptors (Lipinski definition) is 1. The molecule has 0 heterocycles. The minimum Gasteiger partial charge on any atom is -0.313 e. The molecule has 2 fully saturated rings. The Balaban J connectivity index is 2.09. The van der Waals surface area contributed by atoms with E-state index in [0.29, 0.717) is 5.41 Å². The van der Waals surface area contributed by atoms with E-state index < -0.39 is 0 Å². The average Bonchev–Trinajstić information content (AvgIpc) is 2.56. The molecule has 1 N–H and O–H groups in total. The molecule has 0 bridgehead atoms. The third kappa shape index (κ3) is 2.16. The van der Waals surface area contributed by atoms with Crippen LogP contribution in [0.4, 0.5) is 0 Å². The first kappa shape index (κ1) is 13.4. The molecule has 0 radical (unpaired) electrons. The summed E-state index contributed by atoms with van der Waals surface area (Å²) in [6, 6.07) is 0.834. The van der Waals surface area contributed by atoms with Crippen molar-refractivity contribution in [1.82, 2.24) is 5.32 Å². The molecule has 1 heteroatoms. The molecule has 0 aromatic heterocycles. The van der Waals surface area contributed by atoms with Gasteiger partial charge in [0.2, 0.25) is 0 Å². The molecule has 2 aliphatic carbocycles. The second-order valence-corrected chi connectivity index (χ2v) is 6.28. The lowest BCUT2D eigenvalue weighted by atomic mass is 9.46. The summed E-state index contributed by atoms with van der Waals surface area (Å²) in [7, 11) is 0. The third-order valence-corrected chi connectivity index (χ3v) is 5.79. The Morgan fingerprint density at radius 1 is 1.00 bits per heavy atom. The Morgan fingerprint density at radius 3 is 2.35 bits per heavy atom. The highest BCUT2D eigenvalue weighted by molar-refractivity contribution is 5.11. The summed E-state index contributed by atoms with van der Waals surface area (Å²) in [6.07, 6.45) is 11.5. The predicted octanol–water partition coefficient (Wildman–Crippen LogP) is 4.37. The summed E-state index contributed by atoms with van der Waals surface area (Å²) in [5.41, 5.74) is 0.643. The molecule has 0 aromatic rings. The fraction of sp³-hybridized carbons (Fsp3) is 1.00. The van der Waals surface area contributed by atoms with Crippen molar-refractivity contribution in [2.24, 2.45) is 17.3 Å². The van der Waals surface area contributed by atoms with Crippen LogP contribution >= 0.6 is 0 Å². The van der Waals surface area contributed by atoms with Crippen LogP contribution in [0.25, 0.3) is 0 Å². The van der Waals surface area contributed by atoms with Crippen molar-refractivity contribution in [2.45, 2.75) is 78.2 Å². The Kier molecular flexibility index (Phi) is 4.52. The minimum absolute atomic E-state index is 0.643. The maximum Gasteiger partial charge on any atom is 0.0157 e. The summed E-state index contributed by atoms with van der Waals surface area (Å²) in [5, 5.41) is 3.89. The molecular weight excluding hydrogens is 206 g/mol. The lowest BCUT2D eigenvalue weighted by molar-refractivity contribution is -0.0998. The van der Waals surface area contributed by atoms with E-state index in [-0.39, 0.29) is 0 Å². The van der Waals surface area contributed by atoms with Gasteiger partial charge in [-0.2, -0.15) is 0 Å². The van der Waals surface area contributed by atoms with Crippen LogP contribution in [0.5, 0.6) is 0 Å². The highest BCUT2D eigenvalue weighted by atomic mass is 15.0. The molecular formula is C16H31N. The normalized spacial score (nSPS) is 35.8. The highest BCUT2D eigenvalue weighted by Gasteiger charge is 2.58.